The van der Waals surface area contributed by atoms with Crippen molar-refractivity contribution in [2.24, 2.45) is 5.92 Å². The summed E-state index contributed by atoms with van der Waals surface area (Å²) in [7, 11) is 2.13. The van der Waals surface area contributed by atoms with Gasteiger partial charge in [0.25, 0.3) is 0 Å². The van der Waals surface area contributed by atoms with E-state index in [2.05, 4.69) is 11.9 Å². The summed E-state index contributed by atoms with van der Waals surface area (Å²) in [5.74, 6) is 0.640. The van der Waals surface area contributed by atoms with Crippen molar-refractivity contribution in [1.29, 1.82) is 0 Å². The van der Waals surface area contributed by atoms with Crippen LogP contribution in [0.15, 0.2) is 0 Å². The normalized spacial score (nSPS) is 30.2. The fourth-order valence-corrected chi connectivity index (χ4v) is 2.94. The van der Waals surface area contributed by atoms with Crippen LogP contribution in [-0.2, 0) is 4.74 Å². The van der Waals surface area contributed by atoms with Crippen LogP contribution in [0.5, 0.6) is 0 Å². The number of hydrogen-bond donors (Lipinski definition) is 0. The first-order valence-corrected chi connectivity index (χ1v) is 6.55. The largest absolute Gasteiger partial charge is 0.444 e. The molecule has 4 nitrogen and oxygen atoms in total. The molecule has 0 saturated carbocycles. The third-order valence-corrected chi connectivity index (χ3v) is 3.59. The molecule has 0 bridgehead atoms. The topological polar surface area (TPSA) is 32.8 Å². The zero-order valence-electron chi connectivity index (χ0n) is 11.4. The van der Waals surface area contributed by atoms with Crippen molar-refractivity contribution in [2.75, 3.05) is 26.7 Å². The van der Waals surface area contributed by atoms with Gasteiger partial charge in [-0.3, -0.25) is 0 Å². The lowest BCUT2D eigenvalue weighted by atomic mass is 9.92. The van der Waals surface area contributed by atoms with Crippen LogP contribution in [0, 0.1) is 5.92 Å². The van der Waals surface area contributed by atoms with Gasteiger partial charge in [-0.25, -0.2) is 4.79 Å². The SMILES string of the molecule is CN1C[C@H]2CCCN(C(=O)OC(C)(C)C)[C@H]2C1. The van der Waals surface area contributed by atoms with Crippen molar-refractivity contribution in [1.82, 2.24) is 9.80 Å². The average molecular weight is 240 g/mol. The van der Waals surface area contributed by atoms with E-state index in [1.165, 1.54) is 6.42 Å². The summed E-state index contributed by atoms with van der Waals surface area (Å²) in [4.78, 5) is 16.4. The summed E-state index contributed by atoms with van der Waals surface area (Å²) >= 11 is 0. The fourth-order valence-electron chi connectivity index (χ4n) is 2.94. The Morgan fingerprint density at radius 2 is 2.00 bits per heavy atom. The zero-order valence-corrected chi connectivity index (χ0v) is 11.4. The second kappa shape index (κ2) is 4.48. The Hall–Kier alpha value is -0.770. The van der Waals surface area contributed by atoms with E-state index in [1.807, 2.05) is 25.7 Å². The number of nitrogens with zero attached hydrogens (tertiary/aromatic N) is 2. The van der Waals surface area contributed by atoms with Crippen LogP contribution in [0.3, 0.4) is 0 Å². The fraction of sp³-hybridized carbons (Fsp3) is 0.923. The highest BCUT2D eigenvalue weighted by Crippen LogP contribution is 2.30. The Balaban J connectivity index is 2.02. The number of likely N-dealkylation sites (tertiary alicyclic amines) is 2. The minimum Gasteiger partial charge on any atom is -0.444 e. The lowest BCUT2D eigenvalue weighted by Gasteiger charge is -2.37. The van der Waals surface area contributed by atoms with Gasteiger partial charge in [-0.2, -0.15) is 0 Å². The lowest BCUT2D eigenvalue weighted by molar-refractivity contribution is 0.00632. The van der Waals surface area contributed by atoms with Gasteiger partial charge in [-0.15, -0.1) is 0 Å². The molecule has 0 aliphatic carbocycles. The third-order valence-electron chi connectivity index (χ3n) is 3.59. The van der Waals surface area contributed by atoms with E-state index in [1.54, 1.807) is 0 Å². The first kappa shape index (κ1) is 12.7. The van der Waals surface area contributed by atoms with Crippen molar-refractivity contribution < 1.29 is 9.53 Å². The molecule has 0 radical (unpaired) electrons. The quantitative estimate of drug-likeness (QED) is 0.649. The number of hydrogen-bond acceptors (Lipinski definition) is 3. The van der Waals surface area contributed by atoms with Crippen molar-refractivity contribution in [2.45, 2.75) is 45.3 Å². The number of piperidine rings is 1. The Morgan fingerprint density at radius 3 is 2.65 bits per heavy atom. The molecule has 4 heteroatoms. The summed E-state index contributed by atoms with van der Waals surface area (Å²) in [6.45, 7) is 8.73. The van der Waals surface area contributed by atoms with Gasteiger partial charge >= 0.3 is 6.09 Å². The van der Waals surface area contributed by atoms with Gasteiger partial charge in [-0.05, 0) is 46.6 Å². The van der Waals surface area contributed by atoms with Gasteiger partial charge < -0.3 is 14.5 Å². The first-order valence-electron chi connectivity index (χ1n) is 6.55. The van der Waals surface area contributed by atoms with Crippen LogP contribution in [0.25, 0.3) is 0 Å². The predicted octanol–water partition coefficient (Wildman–Crippen LogP) is 1.95. The molecule has 0 unspecified atom stereocenters. The second-order valence-electron chi connectivity index (χ2n) is 6.36. The monoisotopic (exact) mass is 240 g/mol. The molecule has 0 aromatic heterocycles. The molecule has 1 amide bonds. The molecule has 0 aromatic rings. The van der Waals surface area contributed by atoms with E-state index in [0.29, 0.717) is 12.0 Å². The number of carbonyl (C=O) groups excluding carboxylic acids is 1. The van der Waals surface area contributed by atoms with E-state index in [-0.39, 0.29) is 6.09 Å². The maximum Gasteiger partial charge on any atom is 0.410 e. The molecule has 17 heavy (non-hydrogen) atoms. The van der Waals surface area contributed by atoms with E-state index >= 15 is 0 Å². The highest BCUT2D eigenvalue weighted by atomic mass is 16.6. The Bertz CT molecular complexity index is 298. The van der Waals surface area contributed by atoms with Gasteiger partial charge in [0.15, 0.2) is 0 Å². The van der Waals surface area contributed by atoms with Crippen LogP contribution in [-0.4, -0.2) is 54.2 Å². The maximum absolute atomic E-state index is 12.1. The predicted molar refractivity (Wildman–Crippen MR) is 66.9 cm³/mol. The Labute approximate surface area is 104 Å². The smallest absolute Gasteiger partial charge is 0.410 e. The number of carbonyl (C=O) groups is 1. The molecular weight excluding hydrogens is 216 g/mol. The van der Waals surface area contributed by atoms with Crippen molar-refractivity contribution in [3.8, 4) is 0 Å². The minimum atomic E-state index is -0.394. The summed E-state index contributed by atoms with van der Waals surface area (Å²) < 4.78 is 5.49. The Kier molecular flexibility index (Phi) is 3.34. The zero-order chi connectivity index (χ0) is 12.6. The van der Waals surface area contributed by atoms with E-state index in [0.717, 1.165) is 26.1 Å². The summed E-state index contributed by atoms with van der Waals surface area (Å²) in [6.07, 6.45) is 2.21. The van der Waals surface area contributed by atoms with Crippen LogP contribution in [0.2, 0.25) is 0 Å². The molecule has 0 aromatic carbocycles. The van der Waals surface area contributed by atoms with Crippen LogP contribution >= 0.6 is 0 Å². The van der Waals surface area contributed by atoms with Crippen molar-refractivity contribution >= 4 is 6.09 Å². The van der Waals surface area contributed by atoms with Gasteiger partial charge in [0, 0.05) is 19.6 Å². The molecular formula is C13H24N2O2. The van der Waals surface area contributed by atoms with Gasteiger partial charge in [0.1, 0.15) is 5.60 Å². The van der Waals surface area contributed by atoms with Gasteiger partial charge in [0.2, 0.25) is 0 Å². The molecule has 2 aliphatic heterocycles. The molecule has 98 valence electrons. The molecule has 2 fully saturated rings. The van der Waals surface area contributed by atoms with E-state index in [9.17, 15) is 4.79 Å². The highest BCUT2D eigenvalue weighted by molar-refractivity contribution is 5.68. The summed E-state index contributed by atoms with van der Waals surface area (Å²) in [5.41, 5.74) is -0.394. The number of ether oxygens (including phenoxy) is 1. The lowest BCUT2D eigenvalue weighted by Crippen LogP contribution is -2.50. The third kappa shape index (κ3) is 2.92. The van der Waals surface area contributed by atoms with Gasteiger partial charge in [-0.1, -0.05) is 0 Å². The van der Waals surface area contributed by atoms with Crippen LogP contribution < -0.4 is 0 Å². The molecule has 2 saturated heterocycles. The summed E-state index contributed by atoms with van der Waals surface area (Å²) in [6, 6.07) is 0.364. The van der Waals surface area contributed by atoms with Crippen LogP contribution in [0.1, 0.15) is 33.6 Å². The van der Waals surface area contributed by atoms with Crippen molar-refractivity contribution in [3.05, 3.63) is 0 Å². The Morgan fingerprint density at radius 1 is 1.29 bits per heavy atom. The van der Waals surface area contributed by atoms with Gasteiger partial charge in [0.05, 0.1) is 6.04 Å². The number of likely N-dealkylation sites (N-methyl/N-ethyl adjacent to an activating group) is 1. The molecule has 0 spiro atoms. The first-order chi connectivity index (χ1) is 7.87. The maximum atomic E-state index is 12.1. The second-order valence-corrected chi connectivity index (χ2v) is 6.36. The molecule has 2 rings (SSSR count). The number of rotatable bonds is 0. The van der Waals surface area contributed by atoms with Crippen LogP contribution in [0.4, 0.5) is 4.79 Å². The standard InChI is InChI=1S/C13H24N2O2/c1-13(2,3)17-12(16)15-7-5-6-10-8-14(4)9-11(10)15/h10-11H,5-9H2,1-4H3/t10-,11+/m1/s1. The number of amides is 1. The minimum absolute atomic E-state index is 0.137. The molecule has 2 aliphatic rings. The molecule has 0 N–H and O–H groups in total. The molecule has 2 atom stereocenters. The van der Waals surface area contributed by atoms with Crippen molar-refractivity contribution in [3.63, 3.8) is 0 Å². The molecule has 2 heterocycles. The van der Waals surface area contributed by atoms with E-state index < -0.39 is 5.60 Å². The average Bonchev–Trinajstić information content (AvgIpc) is 2.54. The van der Waals surface area contributed by atoms with E-state index in [4.69, 9.17) is 4.74 Å². The highest BCUT2D eigenvalue weighted by Gasteiger charge is 2.41. The summed E-state index contributed by atoms with van der Waals surface area (Å²) in [5, 5.41) is 0. The number of fused-ring (bicyclic) bond motifs is 1.